The summed E-state index contributed by atoms with van der Waals surface area (Å²) in [6.07, 6.45) is 5.16. The molecule has 0 unspecified atom stereocenters. The van der Waals surface area contributed by atoms with Crippen molar-refractivity contribution < 1.29 is 13.6 Å². The summed E-state index contributed by atoms with van der Waals surface area (Å²) in [6.45, 7) is 0.255. The van der Waals surface area contributed by atoms with Crippen LogP contribution in [0.4, 0.5) is 0 Å². The smallest absolute Gasteiger partial charge is 0.249 e. The van der Waals surface area contributed by atoms with Crippen LogP contribution in [0.15, 0.2) is 69.5 Å². The van der Waals surface area contributed by atoms with Crippen molar-refractivity contribution in [3.63, 3.8) is 0 Å². The lowest BCUT2D eigenvalue weighted by Crippen LogP contribution is -2.31. The van der Waals surface area contributed by atoms with Gasteiger partial charge in [0.15, 0.2) is 0 Å². The third-order valence-electron chi connectivity index (χ3n) is 4.98. The first-order valence-electron chi connectivity index (χ1n) is 9.72. The van der Waals surface area contributed by atoms with Crippen molar-refractivity contribution in [2.75, 3.05) is 0 Å². The lowest BCUT2D eigenvalue weighted by atomic mass is 10.2. The van der Waals surface area contributed by atoms with E-state index in [0.717, 1.165) is 23.8 Å². The largest absolute Gasteiger partial charge is 0.457 e. The molecular weight excluding hydrogens is 402 g/mol. The molecule has 1 aliphatic carbocycles. The molecule has 1 fully saturated rings. The molecule has 5 rings (SSSR count). The minimum atomic E-state index is -0.115. The van der Waals surface area contributed by atoms with Crippen LogP contribution in [-0.4, -0.2) is 27.0 Å². The molecule has 0 N–H and O–H groups in total. The fourth-order valence-corrected chi connectivity index (χ4v) is 3.53. The highest BCUT2D eigenvalue weighted by molar-refractivity contribution is 6.33. The van der Waals surface area contributed by atoms with E-state index < -0.39 is 0 Å². The standard InChI is InChI=1S/C23H18ClN3O3/c24-19-7-3-2-6-18(19)23-26-25-21(30-23)14-27(16-9-10-16)22(28)12-11-17-13-15-5-1-4-8-20(15)29-17/h1-8,11-13,16H,9-10,14H2/b12-11+. The summed E-state index contributed by atoms with van der Waals surface area (Å²) in [7, 11) is 0. The highest BCUT2D eigenvalue weighted by Crippen LogP contribution is 2.30. The summed E-state index contributed by atoms with van der Waals surface area (Å²) in [5, 5.41) is 9.73. The van der Waals surface area contributed by atoms with Crippen molar-refractivity contribution in [2.45, 2.75) is 25.4 Å². The first-order valence-corrected chi connectivity index (χ1v) is 10.1. The van der Waals surface area contributed by atoms with Crippen LogP contribution in [0, 0.1) is 0 Å². The van der Waals surface area contributed by atoms with Gasteiger partial charge in [0.25, 0.3) is 0 Å². The number of benzene rings is 2. The monoisotopic (exact) mass is 419 g/mol. The number of hydrogen-bond donors (Lipinski definition) is 0. The van der Waals surface area contributed by atoms with E-state index in [1.165, 1.54) is 6.08 Å². The first kappa shape index (κ1) is 18.6. The Morgan fingerprint density at radius 1 is 1.10 bits per heavy atom. The Kier molecular flexibility index (Phi) is 4.85. The number of halogens is 1. The van der Waals surface area contributed by atoms with Crippen molar-refractivity contribution in [2.24, 2.45) is 0 Å². The quantitative estimate of drug-likeness (QED) is 0.394. The zero-order valence-corrected chi connectivity index (χ0v) is 16.7. The second kappa shape index (κ2) is 7.80. The predicted molar refractivity (Wildman–Crippen MR) is 114 cm³/mol. The maximum Gasteiger partial charge on any atom is 0.249 e. The zero-order valence-electron chi connectivity index (χ0n) is 16.0. The molecule has 0 saturated heterocycles. The molecule has 6 nitrogen and oxygen atoms in total. The van der Waals surface area contributed by atoms with Crippen molar-refractivity contribution in [1.82, 2.24) is 15.1 Å². The molecule has 1 saturated carbocycles. The molecule has 0 bridgehead atoms. The highest BCUT2D eigenvalue weighted by atomic mass is 35.5. The molecule has 30 heavy (non-hydrogen) atoms. The number of para-hydroxylation sites is 1. The summed E-state index contributed by atoms with van der Waals surface area (Å²) in [6, 6.07) is 17.1. The summed E-state index contributed by atoms with van der Waals surface area (Å²) < 4.78 is 11.5. The molecule has 0 radical (unpaired) electrons. The van der Waals surface area contributed by atoms with Gasteiger partial charge in [-0.1, -0.05) is 41.9 Å². The molecule has 150 valence electrons. The summed E-state index contributed by atoms with van der Waals surface area (Å²) >= 11 is 6.20. The first-order chi connectivity index (χ1) is 14.7. The second-order valence-corrected chi connectivity index (χ2v) is 7.61. The van der Waals surface area contributed by atoms with Crippen LogP contribution in [0.2, 0.25) is 5.02 Å². The average molecular weight is 420 g/mol. The molecule has 7 heteroatoms. The van der Waals surface area contributed by atoms with Gasteiger partial charge in [-0.2, -0.15) is 0 Å². The lowest BCUT2D eigenvalue weighted by molar-refractivity contribution is -0.127. The van der Waals surface area contributed by atoms with Gasteiger partial charge in [0.2, 0.25) is 17.7 Å². The van der Waals surface area contributed by atoms with Gasteiger partial charge < -0.3 is 13.7 Å². The highest BCUT2D eigenvalue weighted by Gasteiger charge is 2.33. The third-order valence-corrected chi connectivity index (χ3v) is 5.31. The number of hydrogen-bond acceptors (Lipinski definition) is 5. The van der Waals surface area contributed by atoms with Gasteiger partial charge in [0.1, 0.15) is 11.3 Å². The molecule has 2 aromatic carbocycles. The van der Waals surface area contributed by atoms with Crippen molar-refractivity contribution in [3.8, 4) is 11.5 Å². The number of nitrogens with zero attached hydrogens (tertiary/aromatic N) is 3. The zero-order chi connectivity index (χ0) is 20.5. The van der Waals surface area contributed by atoms with Crippen LogP contribution >= 0.6 is 11.6 Å². The Balaban J connectivity index is 1.32. The van der Waals surface area contributed by atoms with E-state index >= 15 is 0 Å². The number of fused-ring (bicyclic) bond motifs is 1. The molecule has 2 heterocycles. The fourth-order valence-electron chi connectivity index (χ4n) is 3.31. The van der Waals surface area contributed by atoms with Gasteiger partial charge in [-0.3, -0.25) is 4.79 Å². The van der Waals surface area contributed by atoms with E-state index in [1.54, 1.807) is 17.0 Å². The number of amides is 1. The Morgan fingerprint density at radius 2 is 1.90 bits per heavy atom. The van der Waals surface area contributed by atoms with Gasteiger partial charge >= 0.3 is 0 Å². The number of carbonyl (C=O) groups is 1. The minimum absolute atomic E-state index is 0.115. The summed E-state index contributed by atoms with van der Waals surface area (Å²) in [4.78, 5) is 14.6. The predicted octanol–water partition coefficient (Wildman–Crippen LogP) is 5.34. The van der Waals surface area contributed by atoms with E-state index in [4.69, 9.17) is 20.4 Å². The fraction of sp³-hybridized carbons (Fsp3) is 0.174. The number of aromatic nitrogens is 2. The Bertz CT molecular complexity index is 1210. The number of furan rings is 1. The summed E-state index contributed by atoms with van der Waals surface area (Å²) in [5.41, 5.74) is 1.47. The lowest BCUT2D eigenvalue weighted by Gasteiger charge is -2.18. The van der Waals surface area contributed by atoms with Crippen molar-refractivity contribution >= 4 is 34.6 Å². The summed E-state index contributed by atoms with van der Waals surface area (Å²) in [5.74, 6) is 1.24. The Hall–Kier alpha value is -3.38. The van der Waals surface area contributed by atoms with E-state index in [2.05, 4.69) is 10.2 Å². The van der Waals surface area contributed by atoms with Gasteiger partial charge in [-0.05, 0) is 43.2 Å². The van der Waals surface area contributed by atoms with Crippen LogP contribution < -0.4 is 0 Å². The van der Waals surface area contributed by atoms with E-state index in [9.17, 15) is 4.79 Å². The number of rotatable bonds is 6. The molecule has 1 amide bonds. The molecule has 1 aliphatic rings. The molecule has 0 spiro atoms. The van der Waals surface area contributed by atoms with Gasteiger partial charge in [0, 0.05) is 17.5 Å². The van der Waals surface area contributed by atoms with E-state index in [1.807, 2.05) is 48.5 Å². The normalized spacial score (nSPS) is 13.9. The minimum Gasteiger partial charge on any atom is -0.457 e. The Morgan fingerprint density at radius 3 is 2.70 bits per heavy atom. The SMILES string of the molecule is O=C(/C=C/c1cc2ccccc2o1)N(Cc1nnc(-c2ccccc2Cl)o1)C1CC1. The van der Waals surface area contributed by atoms with Crippen LogP contribution in [-0.2, 0) is 11.3 Å². The molecule has 4 aromatic rings. The van der Waals surface area contributed by atoms with Crippen LogP contribution in [0.1, 0.15) is 24.5 Å². The number of carbonyl (C=O) groups excluding carboxylic acids is 1. The molecule has 0 atom stereocenters. The molecule has 2 aromatic heterocycles. The topological polar surface area (TPSA) is 72.4 Å². The average Bonchev–Trinajstić information content (AvgIpc) is 3.34. The van der Waals surface area contributed by atoms with Crippen LogP contribution in [0.3, 0.4) is 0 Å². The maximum atomic E-state index is 12.8. The van der Waals surface area contributed by atoms with Crippen LogP contribution in [0.25, 0.3) is 28.5 Å². The van der Waals surface area contributed by atoms with Gasteiger partial charge in [0.05, 0.1) is 17.1 Å². The van der Waals surface area contributed by atoms with Crippen LogP contribution in [0.5, 0.6) is 0 Å². The molecule has 0 aliphatic heterocycles. The van der Waals surface area contributed by atoms with E-state index in [0.29, 0.717) is 28.1 Å². The second-order valence-electron chi connectivity index (χ2n) is 7.20. The Labute approximate surface area is 177 Å². The van der Waals surface area contributed by atoms with Gasteiger partial charge in [-0.15, -0.1) is 10.2 Å². The maximum absolute atomic E-state index is 12.8. The van der Waals surface area contributed by atoms with E-state index in [-0.39, 0.29) is 18.5 Å². The van der Waals surface area contributed by atoms with Crippen molar-refractivity contribution in [3.05, 3.63) is 77.3 Å². The molecular formula is C23H18ClN3O3. The van der Waals surface area contributed by atoms with Gasteiger partial charge in [-0.25, -0.2) is 0 Å². The van der Waals surface area contributed by atoms with Crippen molar-refractivity contribution in [1.29, 1.82) is 0 Å². The third kappa shape index (κ3) is 3.86.